The Kier molecular flexibility index (Phi) is 3.94. The maximum Gasteiger partial charge on any atom is 0.0751 e. The first kappa shape index (κ1) is 10.3. The van der Waals surface area contributed by atoms with Gasteiger partial charge < -0.3 is 5.11 Å². The van der Waals surface area contributed by atoms with Crippen molar-refractivity contribution in [2.75, 3.05) is 0 Å². The Balaban J connectivity index is 4.06. The van der Waals surface area contributed by atoms with Crippen LogP contribution in [0.5, 0.6) is 0 Å². The third kappa shape index (κ3) is 3.87. The highest BCUT2D eigenvalue weighted by Gasteiger charge is 2.19. The summed E-state index contributed by atoms with van der Waals surface area (Å²) in [5.41, 5.74) is 0.237. The molecule has 1 heteroatoms. The molecule has 0 bridgehead atoms. The van der Waals surface area contributed by atoms with Crippen molar-refractivity contribution in [2.45, 2.75) is 27.2 Å². The zero-order valence-electron chi connectivity index (χ0n) is 7.67. The molecule has 0 radical (unpaired) electrons. The maximum atomic E-state index is 8.46. The molecule has 11 heavy (non-hydrogen) atoms. The highest BCUT2D eigenvalue weighted by molar-refractivity contribution is 4.92. The minimum Gasteiger partial charge on any atom is -0.516 e. The summed E-state index contributed by atoms with van der Waals surface area (Å²) in [6.07, 6.45) is 5.67. The van der Waals surface area contributed by atoms with Gasteiger partial charge in [-0.1, -0.05) is 26.8 Å². The first-order valence-corrected chi connectivity index (χ1v) is 3.94. The molecule has 0 aromatic heterocycles. The Morgan fingerprint density at radius 2 is 2.00 bits per heavy atom. The molecule has 0 amide bonds. The Morgan fingerprint density at radius 3 is 2.27 bits per heavy atom. The maximum absolute atomic E-state index is 8.46. The molecular formula is C10H18O. The molecule has 0 spiro atoms. The van der Waals surface area contributed by atoms with E-state index in [4.69, 9.17) is 5.11 Å². The Labute approximate surface area is 69.4 Å². The van der Waals surface area contributed by atoms with E-state index >= 15 is 0 Å². The third-order valence-corrected chi connectivity index (χ3v) is 1.89. The first-order chi connectivity index (χ1) is 5.02. The van der Waals surface area contributed by atoms with Gasteiger partial charge in [0.1, 0.15) is 0 Å². The van der Waals surface area contributed by atoms with E-state index in [1.54, 1.807) is 6.08 Å². The lowest BCUT2D eigenvalue weighted by molar-refractivity contribution is 0.294. The number of aliphatic hydroxyl groups is 1. The van der Waals surface area contributed by atoms with Crippen LogP contribution >= 0.6 is 0 Å². The zero-order valence-corrected chi connectivity index (χ0v) is 7.67. The number of allylic oxidation sites excluding steroid dienone is 2. The Morgan fingerprint density at radius 1 is 1.45 bits per heavy atom. The fourth-order valence-corrected chi connectivity index (χ4v) is 1.01. The van der Waals surface area contributed by atoms with Gasteiger partial charge in [0, 0.05) is 0 Å². The number of hydrogen-bond donors (Lipinski definition) is 1. The Hall–Kier alpha value is -0.720. The van der Waals surface area contributed by atoms with Gasteiger partial charge in [0.2, 0.25) is 0 Å². The van der Waals surface area contributed by atoms with Crippen molar-refractivity contribution < 1.29 is 5.11 Å². The molecule has 0 fully saturated rings. The summed E-state index contributed by atoms with van der Waals surface area (Å²) >= 11 is 0. The van der Waals surface area contributed by atoms with E-state index in [1.165, 1.54) is 0 Å². The predicted octanol–water partition coefficient (Wildman–Crippen LogP) is 3.30. The third-order valence-electron chi connectivity index (χ3n) is 1.89. The fourth-order valence-electron chi connectivity index (χ4n) is 1.01. The lowest BCUT2D eigenvalue weighted by atomic mass is 9.79. The molecule has 0 heterocycles. The summed E-state index contributed by atoms with van der Waals surface area (Å²) in [7, 11) is 0. The van der Waals surface area contributed by atoms with Gasteiger partial charge in [-0.15, -0.1) is 6.58 Å². The fraction of sp³-hybridized carbons (Fsp3) is 0.600. The highest BCUT2D eigenvalue weighted by atomic mass is 16.2. The summed E-state index contributed by atoms with van der Waals surface area (Å²) in [4.78, 5) is 0. The van der Waals surface area contributed by atoms with Gasteiger partial charge in [0.05, 0.1) is 6.26 Å². The lowest BCUT2D eigenvalue weighted by Crippen LogP contribution is -2.17. The number of aliphatic hydroxyl groups excluding tert-OH is 1. The van der Waals surface area contributed by atoms with Crippen LogP contribution in [0, 0.1) is 11.3 Å². The van der Waals surface area contributed by atoms with Gasteiger partial charge in [0.15, 0.2) is 0 Å². The van der Waals surface area contributed by atoms with E-state index in [0.29, 0.717) is 5.92 Å². The molecule has 1 unspecified atom stereocenters. The average Bonchev–Trinajstić information content (AvgIpc) is 1.87. The topological polar surface area (TPSA) is 20.2 Å². The molecule has 0 aromatic carbocycles. The van der Waals surface area contributed by atoms with E-state index in [-0.39, 0.29) is 5.41 Å². The van der Waals surface area contributed by atoms with Crippen molar-refractivity contribution in [3.63, 3.8) is 0 Å². The monoisotopic (exact) mass is 154 g/mol. The quantitative estimate of drug-likeness (QED) is 0.488. The van der Waals surface area contributed by atoms with Crippen LogP contribution < -0.4 is 0 Å². The SMILES string of the molecule is C=CC(C/C=C/O)C(C)(C)C. The van der Waals surface area contributed by atoms with Crippen LogP contribution in [-0.2, 0) is 0 Å². The second-order valence-electron chi connectivity index (χ2n) is 3.83. The Bertz CT molecular complexity index is 139. The van der Waals surface area contributed by atoms with Gasteiger partial charge in [-0.25, -0.2) is 0 Å². The molecule has 1 atom stereocenters. The van der Waals surface area contributed by atoms with Gasteiger partial charge in [-0.05, 0) is 23.8 Å². The number of hydrogen-bond acceptors (Lipinski definition) is 1. The molecule has 0 rings (SSSR count). The standard InChI is InChI=1S/C10H18O/c1-5-9(7-6-8-11)10(2,3)4/h5-6,8-9,11H,1,7H2,2-4H3/b8-6+. The van der Waals surface area contributed by atoms with Gasteiger partial charge in [0.25, 0.3) is 0 Å². The molecule has 0 saturated carbocycles. The van der Waals surface area contributed by atoms with E-state index in [1.807, 2.05) is 6.08 Å². The zero-order chi connectivity index (χ0) is 8.91. The summed E-state index contributed by atoms with van der Waals surface area (Å²) in [5, 5.41) is 8.46. The molecule has 0 aliphatic carbocycles. The van der Waals surface area contributed by atoms with Crippen LogP contribution in [-0.4, -0.2) is 5.11 Å². The van der Waals surface area contributed by atoms with Gasteiger partial charge >= 0.3 is 0 Å². The first-order valence-electron chi connectivity index (χ1n) is 3.94. The van der Waals surface area contributed by atoms with Gasteiger partial charge in [-0.3, -0.25) is 0 Å². The molecule has 1 N–H and O–H groups in total. The van der Waals surface area contributed by atoms with Gasteiger partial charge in [-0.2, -0.15) is 0 Å². The molecule has 64 valence electrons. The van der Waals surface area contributed by atoms with E-state index < -0.39 is 0 Å². The normalized spacial score (nSPS) is 15.2. The average molecular weight is 154 g/mol. The predicted molar refractivity (Wildman–Crippen MR) is 49.5 cm³/mol. The summed E-state index contributed by atoms with van der Waals surface area (Å²) in [5.74, 6) is 0.436. The van der Waals surface area contributed by atoms with Crippen molar-refractivity contribution in [2.24, 2.45) is 11.3 Å². The van der Waals surface area contributed by atoms with Crippen LogP contribution in [0.25, 0.3) is 0 Å². The minimum atomic E-state index is 0.237. The lowest BCUT2D eigenvalue weighted by Gasteiger charge is -2.26. The van der Waals surface area contributed by atoms with Crippen LogP contribution in [0.15, 0.2) is 25.0 Å². The largest absolute Gasteiger partial charge is 0.516 e. The van der Waals surface area contributed by atoms with Crippen molar-refractivity contribution in [3.8, 4) is 0 Å². The second-order valence-corrected chi connectivity index (χ2v) is 3.83. The molecule has 0 saturated heterocycles. The van der Waals surface area contributed by atoms with Crippen LogP contribution in [0.3, 0.4) is 0 Å². The van der Waals surface area contributed by atoms with E-state index in [2.05, 4.69) is 27.4 Å². The smallest absolute Gasteiger partial charge is 0.0751 e. The molecule has 0 aromatic rings. The van der Waals surface area contributed by atoms with Crippen LogP contribution in [0.4, 0.5) is 0 Å². The highest BCUT2D eigenvalue weighted by Crippen LogP contribution is 2.29. The van der Waals surface area contributed by atoms with E-state index in [0.717, 1.165) is 12.7 Å². The molecule has 0 aliphatic rings. The molecular weight excluding hydrogens is 136 g/mol. The molecule has 1 nitrogen and oxygen atoms in total. The summed E-state index contributed by atoms with van der Waals surface area (Å²) in [6, 6.07) is 0. The molecule has 0 aliphatic heterocycles. The number of rotatable bonds is 3. The van der Waals surface area contributed by atoms with Crippen LogP contribution in [0.1, 0.15) is 27.2 Å². The summed E-state index contributed by atoms with van der Waals surface area (Å²) < 4.78 is 0. The van der Waals surface area contributed by atoms with E-state index in [9.17, 15) is 0 Å². The van der Waals surface area contributed by atoms with Crippen molar-refractivity contribution in [1.82, 2.24) is 0 Å². The second kappa shape index (κ2) is 4.22. The summed E-state index contributed by atoms with van der Waals surface area (Å²) in [6.45, 7) is 10.3. The minimum absolute atomic E-state index is 0.237. The van der Waals surface area contributed by atoms with Crippen molar-refractivity contribution >= 4 is 0 Å². The van der Waals surface area contributed by atoms with Crippen LogP contribution in [0.2, 0.25) is 0 Å². The van der Waals surface area contributed by atoms with Crippen molar-refractivity contribution in [3.05, 3.63) is 25.0 Å². The van der Waals surface area contributed by atoms with Crippen molar-refractivity contribution in [1.29, 1.82) is 0 Å².